The number of fused-ring (bicyclic) bond motifs is 3. The van der Waals surface area contributed by atoms with E-state index in [2.05, 4.69) is 0 Å². The highest BCUT2D eigenvalue weighted by Crippen LogP contribution is 2.53. The first-order chi connectivity index (χ1) is 18.7. The Morgan fingerprint density at radius 1 is 1.07 bits per heavy atom. The van der Waals surface area contributed by atoms with E-state index in [1.54, 1.807) is 20.2 Å². The van der Waals surface area contributed by atoms with Crippen LogP contribution in [0.25, 0.3) is 11.1 Å². The van der Waals surface area contributed by atoms with Crippen molar-refractivity contribution >= 4 is 45.8 Å². The number of phenols is 1. The average molecular weight is 659 g/mol. The molecule has 0 bridgehead atoms. The minimum absolute atomic E-state index is 0.000585. The van der Waals surface area contributed by atoms with E-state index in [0.29, 0.717) is 9.13 Å². The Morgan fingerprint density at radius 3 is 2.25 bits per heavy atom. The smallest absolute Gasteiger partial charge is 0.255 e. The molecule has 210 valence electrons. The largest absolute Gasteiger partial charge is 0.510 e. The van der Waals surface area contributed by atoms with Crippen LogP contribution in [0.15, 0.2) is 53.0 Å². The second-order valence-corrected chi connectivity index (χ2v) is 12.2. The summed E-state index contributed by atoms with van der Waals surface area (Å²) in [6.45, 7) is 0. The summed E-state index contributed by atoms with van der Waals surface area (Å²) in [6, 6.07) is 8.53. The summed E-state index contributed by atoms with van der Waals surface area (Å²) in [6.07, 6.45) is 0.265. The summed E-state index contributed by atoms with van der Waals surface area (Å²) in [5.41, 5.74) is 4.89. The number of carbonyl (C=O) groups is 3. The molecule has 2 aromatic rings. The number of hydrogen-bond donors (Lipinski definition) is 5. The number of likely N-dealkylation sites (N-methyl/N-ethyl adjacent to an activating group) is 1. The van der Waals surface area contributed by atoms with Crippen LogP contribution in [0.2, 0.25) is 0 Å². The van der Waals surface area contributed by atoms with Crippen LogP contribution in [0.1, 0.15) is 22.3 Å². The molecule has 10 nitrogen and oxygen atoms in total. The number of amides is 1. The monoisotopic (exact) mass is 659 g/mol. The lowest BCUT2D eigenvalue weighted by Crippen LogP contribution is -2.63. The number of nitrogens with two attached hydrogens (primary N) is 1. The maximum Gasteiger partial charge on any atom is 0.255 e. The van der Waals surface area contributed by atoms with E-state index in [1.165, 1.54) is 4.90 Å². The van der Waals surface area contributed by atoms with Gasteiger partial charge in [-0.25, -0.2) is 0 Å². The number of rotatable bonds is 4. The minimum Gasteiger partial charge on any atom is -0.510 e. The highest BCUT2D eigenvalue weighted by Gasteiger charge is 2.63. The van der Waals surface area contributed by atoms with Crippen LogP contribution in [0.3, 0.4) is 0 Å². The number of allylic oxidation sites excluding steroid dienone is 1. The van der Waals surface area contributed by atoms with Crippen LogP contribution in [-0.4, -0.2) is 82.6 Å². The van der Waals surface area contributed by atoms with Gasteiger partial charge in [-0.1, -0.05) is 12.1 Å². The molecule has 0 fully saturated rings. The molecular formula is C29H30IN3O7. The first-order valence-electron chi connectivity index (χ1n) is 12.7. The van der Waals surface area contributed by atoms with E-state index in [0.717, 1.165) is 16.8 Å². The number of Topliss-reactive ketones (excluding diaryl/α,β-unsaturated/α-hetero) is 2. The minimum atomic E-state index is -2.66. The Kier molecular flexibility index (Phi) is 6.75. The van der Waals surface area contributed by atoms with Crippen LogP contribution < -0.4 is 10.6 Å². The molecule has 0 saturated heterocycles. The normalized spacial score (nSPS) is 26.0. The summed E-state index contributed by atoms with van der Waals surface area (Å²) in [5, 5.41) is 45.1. The lowest BCUT2D eigenvalue weighted by Gasteiger charge is -2.50. The molecule has 0 radical (unpaired) electrons. The van der Waals surface area contributed by atoms with Gasteiger partial charge in [0.25, 0.3) is 5.91 Å². The molecular weight excluding hydrogens is 629 g/mol. The number of aliphatic hydroxyl groups is 3. The lowest BCUT2D eigenvalue weighted by atomic mass is 9.58. The molecule has 0 aromatic heterocycles. The van der Waals surface area contributed by atoms with Crippen LogP contribution >= 0.6 is 22.6 Å². The number of phenolic OH excluding ortho intramolecular Hbond substituents is 1. The highest BCUT2D eigenvalue weighted by molar-refractivity contribution is 14.1. The zero-order valence-electron chi connectivity index (χ0n) is 22.4. The second-order valence-electron chi connectivity index (χ2n) is 11.0. The number of carbonyl (C=O) groups excluding carboxylic acids is 3. The van der Waals surface area contributed by atoms with E-state index < -0.39 is 58.0 Å². The van der Waals surface area contributed by atoms with E-state index in [-0.39, 0.29) is 29.7 Å². The number of ketones is 2. The van der Waals surface area contributed by atoms with E-state index in [4.69, 9.17) is 5.73 Å². The number of halogens is 1. The number of primary amides is 1. The van der Waals surface area contributed by atoms with Gasteiger partial charge < -0.3 is 31.1 Å². The number of aromatic hydroxyl groups is 1. The zero-order chi connectivity index (χ0) is 29.4. The lowest BCUT2D eigenvalue weighted by molar-refractivity contribution is -0.148. The molecule has 0 aliphatic heterocycles. The molecule has 0 heterocycles. The van der Waals surface area contributed by atoms with Crippen molar-refractivity contribution in [2.75, 3.05) is 33.1 Å². The molecule has 0 spiro atoms. The van der Waals surface area contributed by atoms with Gasteiger partial charge in [-0.05, 0) is 90.3 Å². The Labute approximate surface area is 244 Å². The Bertz CT molecular complexity index is 1540. The quantitative estimate of drug-likeness (QED) is 0.245. The fraction of sp³-hybridized carbons (Fsp3) is 0.345. The molecule has 40 heavy (non-hydrogen) atoms. The maximum absolute atomic E-state index is 14.0. The molecule has 5 rings (SSSR count). The van der Waals surface area contributed by atoms with Gasteiger partial charge in [-0.2, -0.15) is 0 Å². The summed E-state index contributed by atoms with van der Waals surface area (Å²) in [4.78, 5) is 43.1. The van der Waals surface area contributed by atoms with Gasteiger partial charge in [-0.3, -0.25) is 19.3 Å². The number of aliphatic hydroxyl groups excluding tert-OH is 2. The first kappa shape index (κ1) is 28.1. The number of benzene rings is 2. The molecule has 1 amide bonds. The Balaban J connectivity index is 1.72. The fourth-order valence-corrected chi connectivity index (χ4v) is 7.06. The van der Waals surface area contributed by atoms with Crippen LogP contribution in [-0.2, 0) is 16.0 Å². The number of anilines is 1. The zero-order valence-corrected chi connectivity index (χ0v) is 24.6. The van der Waals surface area contributed by atoms with E-state index >= 15 is 0 Å². The summed E-state index contributed by atoms with van der Waals surface area (Å²) in [5.74, 6) is -6.63. The predicted octanol–water partition coefficient (Wildman–Crippen LogP) is 2.46. The summed E-state index contributed by atoms with van der Waals surface area (Å²) < 4.78 is 0.424. The van der Waals surface area contributed by atoms with Crippen LogP contribution in [0.4, 0.5) is 5.69 Å². The molecule has 2 aromatic carbocycles. The van der Waals surface area contributed by atoms with E-state index in [1.807, 2.05) is 65.9 Å². The van der Waals surface area contributed by atoms with Gasteiger partial charge in [-0.15, -0.1) is 0 Å². The SMILES string of the molecule is CN(C)c1ccc(-c2cc(I)c(O)c3c2C[C@@H]2C[C@@H]4[C@@H](N(C)C)C(O)=C(C(N)=O)C(=O)[C@]4(O)C(O)=C2C3=O)cc1. The molecule has 3 aliphatic rings. The molecule has 0 saturated carbocycles. The first-order valence-corrected chi connectivity index (χ1v) is 13.8. The van der Waals surface area contributed by atoms with Crippen molar-refractivity contribution < 1.29 is 34.8 Å². The van der Waals surface area contributed by atoms with Gasteiger partial charge in [0.05, 0.1) is 15.2 Å². The fourth-order valence-electron chi connectivity index (χ4n) is 6.48. The topological polar surface area (TPSA) is 165 Å². The van der Waals surface area contributed by atoms with Crippen molar-refractivity contribution in [1.29, 1.82) is 0 Å². The highest BCUT2D eigenvalue weighted by atomic mass is 127. The van der Waals surface area contributed by atoms with Gasteiger partial charge in [0.15, 0.2) is 11.4 Å². The van der Waals surface area contributed by atoms with Crippen molar-refractivity contribution in [1.82, 2.24) is 4.90 Å². The number of nitrogens with zero attached hydrogens (tertiary/aromatic N) is 2. The average Bonchev–Trinajstić information content (AvgIpc) is 2.88. The summed E-state index contributed by atoms with van der Waals surface area (Å²) >= 11 is 1.94. The Hall–Kier alpha value is -3.42. The van der Waals surface area contributed by atoms with Crippen LogP contribution in [0, 0.1) is 15.4 Å². The van der Waals surface area contributed by atoms with Gasteiger partial charge >= 0.3 is 0 Å². The van der Waals surface area contributed by atoms with Crippen LogP contribution in [0.5, 0.6) is 5.75 Å². The third-order valence-electron chi connectivity index (χ3n) is 8.37. The molecule has 4 atom stereocenters. The maximum atomic E-state index is 14.0. The molecule has 6 N–H and O–H groups in total. The Morgan fingerprint density at radius 2 is 1.70 bits per heavy atom. The third kappa shape index (κ3) is 3.85. The van der Waals surface area contributed by atoms with Crippen molar-refractivity contribution in [3.63, 3.8) is 0 Å². The third-order valence-corrected chi connectivity index (χ3v) is 9.19. The predicted molar refractivity (Wildman–Crippen MR) is 156 cm³/mol. The van der Waals surface area contributed by atoms with E-state index in [9.17, 15) is 34.8 Å². The van der Waals surface area contributed by atoms with Crippen molar-refractivity contribution in [2.24, 2.45) is 17.6 Å². The molecule has 11 heteroatoms. The van der Waals surface area contributed by atoms with Crippen molar-refractivity contribution in [3.8, 4) is 16.9 Å². The summed E-state index contributed by atoms with van der Waals surface area (Å²) in [7, 11) is 7.06. The molecule has 3 aliphatic carbocycles. The van der Waals surface area contributed by atoms with Crippen molar-refractivity contribution in [2.45, 2.75) is 24.5 Å². The standard InChI is InChI=1S/C29H30IN3O7/c1-32(2)14-7-5-12(6-8-14)15-11-18(30)23(34)20-16(15)9-13-10-17-22(33(3)4)25(36)21(28(31)39)27(38)29(17,40)26(37)19(13)24(20)35/h5-8,11,13,17,22,34,36-37,40H,9-10H2,1-4H3,(H2,31,39)/t13-,17-,22-,29-/m1/s1. The van der Waals surface area contributed by atoms with Gasteiger partial charge in [0, 0.05) is 31.3 Å². The molecule has 0 unspecified atom stereocenters. The van der Waals surface area contributed by atoms with Gasteiger partial charge in [0.2, 0.25) is 5.78 Å². The number of hydrogen-bond acceptors (Lipinski definition) is 9. The van der Waals surface area contributed by atoms with Crippen molar-refractivity contribution in [3.05, 3.63) is 67.7 Å². The van der Waals surface area contributed by atoms with Gasteiger partial charge in [0.1, 0.15) is 22.8 Å². The second kappa shape index (κ2) is 9.60.